The van der Waals surface area contributed by atoms with Crippen molar-refractivity contribution in [3.8, 4) is 0 Å². The summed E-state index contributed by atoms with van der Waals surface area (Å²) in [6.45, 7) is 6.37. The van der Waals surface area contributed by atoms with Crippen molar-refractivity contribution in [2.75, 3.05) is 6.54 Å². The quantitative estimate of drug-likeness (QED) is 0.423. The van der Waals surface area contributed by atoms with Crippen LogP contribution in [0.3, 0.4) is 0 Å². The molecule has 0 amide bonds. The molecule has 0 saturated heterocycles. The number of nitrogens with zero attached hydrogens (tertiary/aromatic N) is 1. The molecule has 0 atom stereocenters. The van der Waals surface area contributed by atoms with Crippen molar-refractivity contribution in [2.45, 2.75) is 14.4 Å². The predicted molar refractivity (Wildman–Crippen MR) is 43.6 cm³/mol. The molecule has 0 aromatic heterocycles. The van der Waals surface area contributed by atoms with E-state index < -0.39 is 0 Å². The molecule has 8 heavy (non-hydrogen) atoms. The first kappa shape index (κ1) is 10.7. The van der Waals surface area contributed by atoms with Gasteiger partial charge in [-0.2, -0.15) is 0 Å². The van der Waals surface area contributed by atoms with Gasteiger partial charge in [0.25, 0.3) is 0 Å². The summed E-state index contributed by atoms with van der Waals surface area (Å²) in [5.41, 5.74) is 1.78. The van der Waals surface area contributed by atoms with E-state index in [2.05, 4.69) is 11.6 Å². The van der Waals surface area contributed by atoms with E-state index in [1.165, 1.54) is 11.8 Å². The molecule has 0 aliphatic carbocycles. The SMILES string of the molecule is C.C=CSC=NCC. The molecule has 48 valence electrons. The van der Waals surface area contributed by atoms with Crippen molar-refractivity contribution < 1.29 is 0 Å². The van der Waals surface area contributed by atoms with Crippen molar-refractivity contribution in [2.24, 2.45) is 4.99 Å². The summed E-state index contributed by atoms with van der Waals surface area (Å²) in [6.07, 6.45) is 0. The lowest BCUT2D eigenvalue weighted by Crippen LogP contribution is -1.64. The highest BCUT2D eigenvalue weighted by Gasteiger charge is 1.63. The largest absolute Gasteiger partial charge is 0.286 e. The Balaban J connectivity index is 0. The minimum absolute atomic E-state index is 0. The van der Waals surface area contributed by atoms with Gasteiger partial charge in [-0.15, -0.1) is 0 Å². The van der Waals surface area contributed by atoms with Crippen molar-refractivity contribution >= 4 is 17.3 Å². The fourth-order valence-corrected chi connectivity index (χ4v) is 0.482. The lowest BCUT2D eigenvalue weighted by Gasteiger charge is -1.75. The van der Waals surface area contributed by atoms with Crippen LogP contribution in [0.25, 0.3) is 0 Å². The Hall–Kier alpha value is -0.240. The first-order valence-corrected chi connectivity index (χ1v) is 3.10. The molecule has 0 aromatic rings. The lowest BCUT2D eigenvalue weighted by atomic mass is 10.8. The minimum Gasteiger partial charge on any atom is -0.286 e. The Labute approximate surface area is 55.9 Å². The Morgan fingerprint density at radius 1 is 1.75 bits per heavy atom. The van der Waals surface area contributed by atoms with E-state index >= 15 is 0 Å². The second-order valence-corrected chi connectivity index (χ2v) is 1.72. The fourth-order valence-electron chi connectivity index (χ4n) is 0.161. The van der Waals surface area contributed by atoms with Gasteiger partial charge in [0.15, 0.2) is 0 Å². The highest BCUT2D eigenvalue weighted by atomic mass is 32.2. The van der Waals surface area contributed by atoms with Gasteiger partial charge < -0.3 is 0 Å². The Morgan fingerprint density at radius 3 is 2.75 bits per heavy atom. The number of rotatable bonds is 3. The third kappa shape index (κ3) is 9.23. The normalized spacial score (nSPS) is 8.62. The predicted octanol–water partition coefficient (Wildman–Crippen LogP) is 2.55. The number of hydrogen-bond acceptors (Lipinski definition) is 2. The fraction of sp³-hybridized carbons (Fsp3) is 0.500. The Morgan fingerprint density at radius 2 is 2.38 bits per heavy atom. The summed E-state index contributed by atoms with van der Waals surface area (Å²) >= 11 is 1.50. The molecular formula is C6H13NS. The maximum absolute atomic E-state index is 3.93. The molecule has 0 rings (SSSR count). The van der Waals surface area contributed by atoms with Crippen LogP contribution >= 0.6 is 11.8 Å². The number of aliphatic imine (C=N–C) groups is 1. The van der Waals surface area contributed by atoms with Crippen LogP contribution in [-0.4, -0.2) is 12.1 Å². The molecule has 0 N–H and O–H groups in total. The van der Waals surface area contributed by atoms with Crippen molar-refractivity contribution in [3.05, 3.63) is 12.0 Å². The van der Waals surface area contributed by atoms with Gasteiger partial charge in [0.05, 0.1) is 5.55 Å². The summed E-state index contributed by atoms with van der Waals surface area (Å²) in [5, 5.41) is 1.75. The van der Waals surface area contributed by atoms with Gasteiger partial charge in [-0.25, -0.2) is 0 Å². The number of hydrogen-bond donors (Lipinski definition) is 0. The van der Waals surface area contributed by atoms with E-state index in [-0.39, 0.29) is 7.43 Å². The molecule has 0 spiro atoms. The van der Waals surface area contributed by atoms with E-state index in [1.54, 1.807) is 11.0 Å². The van der Waals surface area contributed by atoms with Gasteiger partial charge in [-0.05, 0) is 12.3 Å². The molecule has 0 fully saturated rings. The first-order valence-electron chi connectivity index (χ1n) is 2.16. The van der Waals surface area contributed by atoms with Crippen molar-refractivity contribution in [1.29, 1.82) is 0 Å². The molecule has 0 bridgehead atoms. The maximum atomic E-state index is 3.93. The van der Waals surface area contributed by atoms with E-state index in [0.717, 1.165) is 6.54 Å². The smallest absolute Gasteiger partial charge is 0.0582 e. The average Bonchev–Trinajstić information content (AvgIpc) is 1.69. The van der Waals surface area contributed by atoms with E-state index in [4.69, 9.17) is 0 Å². The second-order valence-electron chi connectivity index (χ2n) is 0.907. The standard InChI is InChI=1S/C5H9NS.CH4/c1-3-6-5-7-4-2;/h4-5H,2-3H2,1H3;1H4. The first-order chi connectivity index (χ1) is 3.41. The highest BCUT2D eigenvalue weighted by Crippen LogP contribution is 1.91. The lowest BCUT2D eigenvalue weighted by molar-refractivity contribution is 1.15. The van der Waals surface area contributed by atoms with Crippen LogP contribution in [0.1, 0.15) is 14.4 Å². The topological polar surface area (TPSA) is 12.4 Å². The van der Waals surface area contributed by atoms with Crippen LogP contribution < -0.4 is 0 Å². The highest BCUT2D eigenvalue weighted by molar-refractivity contribution is 8.14. The van der Waals surface area contributed by atoms with Gasteiger partial charge in [0, 0.05) is 6.54 Å². The van der Waals surface area contributed by atoms with E-state index in [0.29, 0.717) is 0 Å². The van der Waals surface area contributed by atoms with Crippen molar-refractivity contribution in [3.63, 3.8) is 0 Å². The van der Waals surface area contributed by atoms with E-state index in [9.17, 15) is 0 Å². The molecule has 0 saturated carbocycles. The molecular weight excluding hydrogens is 118 g/mol. The zero-order chi connectivity index (χ0) is 5.54. The van der Waals surface area contributed by atoms with Crippen LogP contribution in [0.5, 0.6) is 0 Å². The third-order valence-electron chi connectivity index (χ3n) is 0.414. The molecule has 0 aliphatic rings. The van der Waals surface area contributed by atoms with Crippen LogP contribution in [0.2, 0.25) is 0 Å². The minimum atomic E-state index is 0. The molecule has 0 aromatic carbocycles. The van der Waals surface area contributed by atoms with Gasteiger partial charge in [-0.1, -0.05) is 25.8 Å². The van der Waals surface area contributed by atoms with Gasteiger partial charge >= 0.3 is 0 Å². The molecule has 0 aliphatic heterocycles. The summed E-state index contributed by atoms with van der Waals surface area (Å²) < 4.78 is 0. The molecule has 0 radical (unpaired) electrons. The Kier molecular flexibility index (Phi) is 13.2. The Bertz CT molecular complexity index is 68.9. The molecule has 2 heteroatoms. The monoisotopic (exact) mass is 131 g/mol. The number of thioether (sulfide) groups is 1. The van der Waals surface area contributed by atoms with Gasteiger partial charge in [0.1, 0.15) is 0 Å². The molecule has 0 unspecified atom stereocenters. The summed E-state index contributed by atoms with van der Waals surface area (Å²) in [5.74, 6) is 0. The zero-order valence-corrected chi connectivity index (χ0v) is 5.24. The summed E-state index contributed by atoms with van der Waals surface area (Å²) in [6, 6.07) is 0. The van der Waals surface area contributed by atoms with Crippen molar-refractivity contribution in [1.82, 2.24) is 0 Å². The maximum Gasteiger partial charge on any atom is 0.0582 e. The van der Waals surface area contributed by atoms with Crippen LogP contribution in [-0.2, 0) is 0 Å². The van der Waals surface area contributed by atoms with E-state index in [1.807, 2.05) is 6.92 Å². The van der Waals surface area contributed by atoms with Crippen LogP contribution in [0, 0.1) is 0 Å². The summed E-state index contributed by atoms with van der Waals surface area (Å²) in [7, 11) is 0. The van der Waals surface area contributed by atoms with Crippen LogP contribution in [0.4, 0.5) is 0 Å². The van der Waals surface area contributed by atoms with Gasteiger partial charge in [-0.3, -0.25) is 4.99 Å². The average molecular weight is 131 g/mol. The zero-order valence-electron chi connectivity index (χ0n) is 4.42. The molecule has 0 heterocycles. The third-order valence-corrected chi connectivity index (χ3v) is 0.877. The summed E-state index contributed by atoms with van der Waals surface area (Å²) in [4.78, 5) is 3.93. The van der Waals surface area contributed by atoms with Crippen LogP contribution in [0.15, 0.2) is 17.0 Å². The molecule has 1 nitrogen and oxygen atoms in total. The van der Waals surface area contributed by atoms with Gasteiger partial charge in [0.2, 0.25) is 0 Å². The second kappa shape index (κ2) is 9.90.